The van der Waals surface area contributed by atoms with E-state index in [1.165, 1.54) is 4.90 Å². The van der Waals surface area contributed by atoms with E-state index >= 15 is 0 Å². The fourth-order valence-electron chi connectivity index (χ4n) is 5.15. The highest BCUT2D eigenvalue weighted by Gasteiger charge is 2.35. The first-order chi connectivity index (χ1) is 20.5. The largest absolute Gasteiger partial charge is 0.351 e. The van der Waals surface area contributed by atoms with Crippen LogP contribution in [0.3, 0.4) is 0 Å². The van der Waals surface area contributed by atoms with Crippen LogP contribution in [0.4, 0.5) is 0 Å². The summed E-state index contributed by atoms with van der Waals surface area (Å²) in [4.78, 5) is 55.2. The summed E-state index contributed by atoms with van der Waals surface area (Å²) in [6.45, 7) is 19.5. The number of benzene rings is 1. The van der Waals surface area contributed by atoms with Crippen LogP contribution in [0.1, 0.15) is 80.2 Å². The minimum atomic E-state index is -0.347. The van der Waals surface area contributed by atoms with Crippen LogP contribution in [0.2, 0.25) is 0 Å². The summed E-state index contributed by atoms with van der Waals surface area (Å²) in [7, 11) is 7.10. The zero-order chi connectivity index (χ0) is 34.0. The van der Waals surface area contributed by atoms with Gasteiger partial charge in [0.1, 0.15) is 0 Å². The number of carbonyl (C=O) groups excluding carboxylic acids is 4. The van der Waals surface area contributed by atoms with Crippen molar-refractivity contribution in [2.45, 2.75) is 86.1 Å². The fraction of sp³-hybridized carbons (Fsp3) is 0.714. The molecule has 1 heterocycles. The van der Waals surface area contributed by atoms with E-state index in [2.05, 4.69) is 53.8 Å². The molecular weight excluding hydrogens is 554 g/mol. The molecule has 2 rings (SSSR count). The molecule has 9 heteroatoms. The molecule has 252 valence electrons. The summed E-state index contributed by atoms with van der Waals surface area (Å²) >= 11 is 0. The predicted molar refractivity (Wildman–Crippen MR) is 181 cm³/mol. The van der Waals surface area contributed by atoms with Gasteiger partial charge in [-0.15, -0.1) is 0 Å². The van der Waals surface area contributed by atoms with Crippen molar-refractivity contribution in [3.8, 4) is 0 Å². The second-order valence-electron chi connectivity index (χ2n) is 13.7. The van der Waals surface area contributed by atoms with Gasteiger partial charge in [0.25, 0.3) is 0 Å². The van der Waals surface area contributed by atoms with E-state index in [1.807, 2.05) is 54.1 Å². The van der Waals surface area contributed by atoms with Gasteiger partial charge in [0, 0.05) is 58.2 Å². The first kappa shape index (κ1) is 41.1. The van der Waals surface area contributed by atoms with Crippen molar-refractivity contribution in [1.82, 2.24) is 24.9 Å². The molecule has 0 aromatic heterocycles. The molecule has 1 aliphatic heterocycles. The zero-order valence-electron chi connectivity index (χ0n) is 29.9. The highest BCUT2D eigenvalue weighted by molar-refractivity contribution is 5.86. The van der Waals surface area contributed by atoms with E-state index in [9.17, 15) is 19.2 Å². The maximum absolute atomic E-state index is 13.1. The lowest BCUT2D eigenvalue weighted by Crippen LogP contribution is -2.52. The second-order valence-corrected chi connectivity index (χ2v) is 13.7. The van der Waals surface area contributed by atoms with Crippen LogP contribution < -0.4 is 5.32 Å². The number of likely N-dealkylation sites (tertiary alicyclic amines) is 1. The van der Waals surface area contributed by atoms with Gasteiger partial charge in [0.2, 0.25) is 24.1 Å². The number of hydrogen-bond donors (Lipinski definition) is 1. The SMILES string of the molecule is CC(C)C.CC[C@H](C(=O)NCC(=O)N(C)[C@H](CN(C)CC(=O)N1CCCC1)C(C)C)C(C)(C)c1ccccc1.CN(C)C=O. The van der Waals surface area contributed by atoms with E-state index in [0.717, 1.165) is 43.8 Å². The van der Waals surface area contributed by atoms with E-state index in [-0.39, 0.29) is 47.6 Å². The highest BCUT2D eigenvalue weighted by atomic mass is 16.2. The summed E-state index contributed by atoms with van der Waals surface area (Å²) in [5, 5.41) is 2.90. The number of hydrogen-bond acceptors (Lipinski definition) is 5. The smallest absolute Gasteiger partial charge is 0.242 e. The Morgan fingerprint density at radius 2 is 1.45 bits per heavy atom. The first-order valence-electron chi connectivity index (χ1n) is 16.2. The number of nitrogens with zero attached hydrogens (tertiary/aromatic N) is 4. The molecule has 0 radical (unpaired) electrons. The van der Waals surface area contributed by atoms with Gasteiger partial charge in [0.05, 0.1) is 13.1 Å². The predicted octanol–water partition coefficient (Wildman–Crippen LogP) is 4.51. The van der Waals surface area contributed by atoms with Gasteiger partial charge in [-0.25, -0.2) is 0 Å². The van der Waals surface area contributed by atoms with Crippen LogP contribution in [0.15, 0.2) is 30.3 Å². The number of nitrogens with one attached hydrogen (secondary N) is 1. The van der Waals surface area contributed by atoms with Gasteiger partial charge in [-0.2, -0.15) is 0 Å². The third-order valence-corrected chi connectivity index (χ3v) is 7.76. The third kappa shape index (κ3) is 15.2. The van der Waals surface area contributed by atoms with E-state index in [0.29, 0.717) is 19.5 Å². The lowest BCUT2D eigenvalue weighted by Gasteiger charge is -2.35. The van der Waals surface area contributed by atoms with Crippen molar-refractivity contribution < 1.29 is 19.2 Å². The minimum Gasteiger partial charge on any atom is -0.351 e. The van der Waals surface area contributed by atoms with Crippen LogP contribution in [0.5, 0.6) is 0 Å². The Bertz CT molecular complexity index is 972. The molecule has 0 spiro atoms. The molecule has 4 amide bonds. The Morgan fingerprint density at radius 1 is 0.955 bits per heavy atom. The van der Waals surface area contributed by atoms with Crippen LogP contribution in [-0.2, 0) is 24.6 Å². The van der Waals surface area contributed by atoms with E-state index in [4.69, 9.17) is 0 Å². The molecule has 2 atom stereocenters. The average molecular weight is 618 g/mol. The van der Waals surface area contributed by atoms with Gasteiger partial charge in [-0.05, 0) is 43.7 Å². The monoisotopic (exact) mass is 617 g/mol. The summed E-state index contributed by atoms with van der Waals surface area (Å²) < 4.78 is 0. The van der Waals surface area contributed by atoms with Gasteiger partial charge < -0.3 is 20.0 Å². The summed E-state index contributed by atoms with van der Waals surface area (Å²) in [5.74, 6) is 0.734. The number of likely N-dealkylation sites (N-methyl/N-ethyl adjacent to an activating group) is 2. The summed E-state index contributed by atoms with van der Waals surface area (Å²) in [5.41, 5.74) is 0.761. The van der Waals surface area contributed by atoms with Crippen LogP contribution >= 0.6 is 0 Å². The normalized spacial score (nSPS) is 14.2. The Labute approximate surface area is 268 Å². The molecule has 1 aliphatic rings. The molecule has 1 N–H and O–H groups in total. The molecule has 0 aliphatic carbocycles. The van der Waals surface area contributed by atoms with E-state index in [1.54, 1.807) is 26.0 Å². The second kappa shape index (κ2) is 20.9. The molecular formula is C35H63N5O4. The number of amides is 4. The lowest BCUT2D eigenvalue weighted by molar-refractivity contribution is -0.136. The molecule has 1 fully saturated rings. The third-order valence-electron chi connectivity index (χ3n) is 7.76. The van der Waals surface area contributed by atoms with Crippen molar-refractivity contribution >= 4 is 24.1 Å². The molecule has 9 nitrogen and oxygen atoms in total. The van der Waals surface area contributed by atoms with Gasteiger partial charge >= 0.3 is 0 Å². The summed E-state index contributed by atoms with van der Waals surface area (Å²) in [6, 6.07) is 9.99. The van der Waals surface area contributed by atoms with Gasteiger partial charge in [-0.3, -0.25) is 24.1 Å². The Kier molecular flexibility index (Phi) is 19.5. The Hall–Kier alpha value is -2.94. The van der Waals surface area contributed by atoms with Crippen LogP contribution in [0.25, 0.3) is 0 Å². The molecule has 44 heavy (non-hydrogen) atoms. The van der Waals surface area contributed by atoms with Crippen molar-refractivity contribution in [1.29, 1.82) is 0 Å². The van der Waals surface area contributed by atoms with Crippen molar-refractivity contribution in [2.75, 3.05) is 60.9 Å². The standard InChI is InChI=1S/C28H46N4O3.C4H10.C3H7NO/c1-8-23(28(4,5)22-14-10-9-11-15-22)27(35)29-18-25(33)31(7)24(21(2)3)19-30(6)20-26(34)32-16-12-13-17-32;1-4(2)3;1-4(2)3-5/h9-11,14-15,21,23-24H,8,12-13,16-20H2,1-7H3,(H,29,35);4H,1-3H3;3H,1-2H3/t23-,24-;;/m1../s1. The molecule has 0 saturated carbocycles. The molecule has 1 aromatic rings. The van der Waals surface area contributed by atoms with Gasteiger partial charge in [-0.1, -0.05) is 85.7 Å². The minimum absolute atomic E-state index is 0.0314. The zero-order valence-corrected chi connectivity index (χ0v) is 29.9. The Balaban J connectivity index is 0.00000180. The van der Waals surface area contributed by atoms with Crippen molar-refractivity contribution in [3.63, 3.8) is 0 Å². The lowest BCUT2D eigenvalue weighted by atomic mass is 9.71. The first-order valence-corrected chi connectivity index (χ1v) is 16.2. The van der Waals surface area contributed by atoms with Crippen LogP contribution in [0, 0.1) is 17.8 Å². The van der Waals surface area contributed by atoms with Crippen LogP contribution in [-0.4, -0.2) is 111 Å². The Morgan fingerprint density at radius 3 is 1.89 bits per heavy atom. The topological polar surface area (TPSA) is 93.3 Å². The average Bonchev–Trinajstić information content (AvgIpc) is 3.50. The maximum atomic E-state index is 13.1. The van der Waals surface area contributed by atoms with E-state index < -0.39 is 0 Å². The quantitative estimate of drug-likeness (QED) is 0.329. The highest BCUT2D eigenvalue weighted by Crippen LogP contribution is 2.33. The fourth-order valence-corrected chi connectivity index (χ4v) is 5.15. The molecule has 1 aromatic carbocycles. The van der Waals surface area contributed by atoms with Gasteiger partial charge in [0.15, 0.2) is 0 Å². The van der Waals surface area contributed by atoms with Crippen molar-refractivity contribution in [2.24, 2.45) is 17.8 Å². The number of carbonyl (C=O) groups is 4. The van der Waals surface area contributed by atoms with Crippen molar-refractivity contribution in [3.05, 3.63) is 35.9 Å². The maximum Gasteiger partial charge on any atom is 0.242 e. The molecule has 0 unspecified atom stereocenters. The number of rotatable bonds is 13. The summed E-state index contributed by atoms with van der Waals surface area (Å²) in [6.07, 6.45) is 3.59. The molecule has 1 saturated heterocycles. The molecule has 0 bridgehead atoms.